The topological polar surface area (TPSA) is 59.8 Å². The molecule has 140 valence electrons. The maximum Gasteiger partial charge on any atom is 0.253 e. The predicted molar refractivity (Wildman–Crippen MR) is 106 cm³/mol. The van der Waals surface area contributed by atoms with E-state index in [0.717, 1.165) is 10.9 Å². The lowest BCUT2D eigenvalue weighted by Gasteiger charge is -2.10. The molecule has 0 spiro atoms. The van der Waals surface area contributed by atoms with Crippen LogP contribution in [0.4, 0.5) is 4.39 Å². The van der Waals surface area contributed by atoms with E-state index in [-0.39, 0.29) is 18.3 Å². The quantitative estimate of drug-likeness (QED) is 0.556. The van der Waals surface area contributed by atoms with Crippen LogP contribution in [0.25, 0.3) is 16.6 Å². The number of hydrogen-bond acceptors (Lipinski definition) is 3. The highest BCUT2D eigenvalue weighted by molar-refractivity contribution is 6.31. The molecule has 0 radical (unpaired) electrons. The number of carbonyl (C=O) groups is 1. The molecule has 0 fully saturated rings. The van der Waals surface area contributed by atoms with Crippen molar-refractivity contribution in [3.05, 3.63) is 88.8 Å². The van der Waals surface area contributed by atoms with Crippen LogP contribution in [0.5, 0.6) is 0 Å². The van der Waals surface area contributed by atoms with Gasteiger partial charge in [0.05, 0.1) is 28.8 Å². The Labute approximate surface area is 165 Å². The lowest BCUT2D eigenvalue weighted by molar-refractivity contribution is 0.0950. The van der Waals surface area contributed by atoms with E-state index in [9.17, 15) is 9.18 Å². The van der Waals surface area contributed by atoms with E-state index in [1.165, 1.54) is 12.4 Å². The van der Waals surface area contributed by atoms with Crippen LogP contribution in [0, 0.1) is 12.7 Å². The molecule has 4 rings (SSSR count). The van der Waals surface area contributed by atoms with Crippen molar-refractivity contribution in [3.8, 4) is 5.69 Å². The molecule has 0 atom stereocenters. The number of amides is 1. The van der Waals surface area contributed by atoms with E-state index in [1.807, 2.05) is 6.07 Å². The molecule has 0 bridgehead atoms. The van der Waals surface area contributed by atoms with Crippen molar-refractivity contribution in [2.45, 2.75) is 13.5 Å². The van der Waals surface area contributed by atoms with E-state index in [2.05, 4.69) is 15.3 Å². The highest BCUT2D eigenvalue weighted by Gasteiger charge is 2.13. The Morgan fingerprint density at radius 3 is 2.82 bits per heavy atom. The van der Waals surface area contributed by atoms with Gasteiger partial charge in [-0.25, -0.2) is 9.37 Å². The van der Waals surface area contributed by atoms with Crippen LogP contribution in [0.3, 0.4) is 0 Å². The minimum Gasteiger partial charge on any atom is -0.348 e. The summed E-state index contributed by atoms with van der Waals surface area (Å²) in [6.07, 6.45) is 4.78. The number of benzene rings is 2. The average Bonchev–Trinajstić information content (AvgIpc) is 3.20. The first-order valence-electron chi connectivity index (χ1n) is 8.63. The molecule has 2 aromatic heterocycles. The fourth-order valence-electron chi connectivity index (χ4n) is 3.02. The molecule has 0 aliphatic carbocycles. The molecule has 0 unspecified atom stereocenters. The van der Waals surface area contributed by atoms with Gasteiger partial charge >= 0.3 is 0 Å². The second kappa shape index (κ2) is 7.40. The Morgan fingerprint density at radius 2 is 2.07 bits per heavy atom. The summed E-state index contributed by atoms with van der Waals surface area (Å²) in [5.41, 5.74) is 2.91. The number of pyridine rings is 1. The Kier molecular flexibility index (Phi) is 4.79. The maximum absolute atomic E-state index is 14.4. The molecule has 0 aliphatic heterocycles. The molecule has 7 heteroatoms. The fourth-order valence-corrected chi connectivity index (χ4v) is 3.20. The van der Waals surface area contributed by atoms with Gasteiger partial charge in [-0.1, -0.05) is 17.7 Å². The standard InChI is InChI=1S/C21H16ClFN4O/c1-13-17(10-15-9-16(22)3-4-19(15)26-13)21(28)25-11-14-2-5-20(18(23)8-14)27-7-6-24-12-27/h2-10,12H,11H2,1H3,(H,25,28). The summed E-state index contributed by atoms with van der Waals surface area (Å²) in [6.45, 7) is 1.98. The number of rotatable bonds is 4. The van der Waals surface area contributed by atoms with Gasteiger partial charge in [0, 0.05) is 29.3 Å². The lowest BCUT2D eigenvalue weighted by atomic mass is 10.1. The lowest BCUT2D eigenvalue weighted by Crippen LogP contribution is -2.24. The molecular weight excluding hydrogens is 379 g/mol. The first-order chi connectivity index (χ1) is 13.5. The summed E-state index contributed by atoms with van der Waals surface area (Å²) >= 11 is 6.03. The molecule has 5 nitrogen and oxygen atoms in total. The molecule has 1 N–H and O–H groups in total. The van der Waals surface area contributed by atoms with Crippen LogP contribution in [0.1, 0.15) is 21.6 Å². The summed E-state index contributed by atoms with van der Waals surface area (Å²) in [4.78, 5) is 21.0. The van der Waals surface area contributed by atoms with Gasteiger partial charge in [0.1, 0.15) is 5.82 Å². The van der Waals surface area contributed by atoms with Crippen LogP contribution in [-0.2, 0) is 6.54 Å². The van der Waals surface area contributed by atoms with Gasteiger partial charge in [-0.2, -0.15) is 0 Å². The smallest absolute Gasteiger partial charge is 0.253 e. The number of nitrogens with one attached hydrogen (secondary N) is 1. The molecule has 2 heterocycles. The summed E-state index contributed by atoms with van der Waals surface area (Å²) in [5, 5.41) is 4.19. The number of aryl methyl sites for hydroxylation is 1. The van der Waals surface area contributed by atoms with Gasteiger partial charge in [-0.15, -0.1) is 0 Å². The van der Waals surface area contributed by atoms with Crippen molar-refractivity contribution in [1.29, 1.82) is 0 Å². The highest BCUT2D eigenvalue weighted by atomic mass is 35.5. The summed E-state index contributed by atoms with van der Waals surface area (Å²) in [5.74, 6) is -0.658. The van der Waals surface area contributed by atoms with E-state index < -0.39 is 0 Å². The zero-order valence-electron chi connectivity index (χ0n) is 15.0. The minimum absolute atomic E-state index is 0.201. The van der Waals surface area contributed by atoms with E-state index in [1.54, 1.807) is 54.2 Å². The average molecular weight is 395 g/mol. The van der Waals surface area contributed by atoms with E-state index in [0.29, 0.717) is 27.5 Å². The van der Waals surface area contributed by atoms with Gasteiger partial charge < -0.3 is 9.88 Å². The van der Waals surface area contributed by atoms with E-state index >= 15 is 0 Å². The third-order valence-electron chi connectivity index (χ3n) is 4.46. The molecule has 28 heavy (non-hydrogen) atoms. The van der Waals surface area contributed by atoms with Crippen LogP contribution < -0.4 is 5.32 Å². The van der Waals surface area contributed by atoms with Crippen molar-refractivity contribution in [2.24, 2.45) is 0 Å². The van der Waals surface area contributed by atoms with Crippen LogP contribution in [0.15, 0.2) is 61.2 Å². The highest BCUT2D eigenvalue weighted by Crippen LogP contribution is 2.21. The molecule has 1 amide bonds. The number of carbonyl (C=O) groups excluding carboxylic acids is 1. The normalized spacial score (nSPS) is 11.0. The second-order valence-corrected chi connectivity index (χ2v) is 6.83. The van der Waals surface area contributed by atoms with E-state index in [4.69, 9.17) is 11.6 Å². The van der Waals surface area contributed by atoms with Crippen molar-refractivity contribution in [3.63, 3.8) is 0 Å². The third kappa shape index (κ3) is 3.59. The molecule has 0 saturated heterocycles. The van der Waals surface area contributed by atoms with Crippen LogP contribution >= 0.6 is 11.6 Å². The number of hydrogen-bond donors (Lipinski definition) is 1. The van der Waals surface area contributed by atoms with Crippen molar-refractivity contribution in [2.75, 3.05) is 0 Å². The largest absolute Gasteiger partial charge is 0.348 e. The number of imidazole rings is 1. The van der Waals surface area contributed by atoms with Gasteiger partial charge in [-0.05, 0) is 48.9 Å². The molecule has 2 aromatic carbocycles. The summed E-state index contributed by atoms with van der Waals surface area (Å²) < 4.78 is 15.9. The van der Waals surface area contributed by atoms with Gasteiger partial charge in [0.15, 0.2) is 0 Å². The van der Waals surface area contributed by atoms with Crippen molar-refractivity contribution >= 4 is 28.4 Å². The van der Waals surface area contributed by atoms with Crippen LogP contribution in [0.2, 0.25) is 5.02 Å². The minimum atomic E-state index is -0.386. The molecule has 4 aromatic rings. The third-order valence-corrected chi connectivity index (χ3v) is 4.69. The van der Waals surface area contributed by atoms with Gasteiger partial charge in [0.25, 0.3) is 5.91 Å². The molecular formula is C21H16ClFN4O. The number of aromatic nitrogens is 3. The van der Waals surface area contributed by atoms with Gasteiger partial charge in [-0.3, -0.25) is 9.78 Å². The zero-order chi connectivity index (χ0) is 19.7. The number of fused-ring (bicyclic) bond motifs is 1. The first-order valence-corrected chi connectivity index (χ1v) is 9.01. The monoisotopic (exact) mass is 394 g/mol. The Balaban J connectivity index is 1.52. The molecule has 0 aliphatic rings. The zero-order valence-corrected chi connectivity index (χ0v) is 15.7. The van der Waals surface area contributed by atoms with Gasteiger partial charge in [0.2, 0.25) is 0 Å². The first kappa shape index (κ1) is 18.1. The summed E-state index contributed by atoms with van der Waals surface area (Å²) in [6, 6.07) is 11.9. The molecule has 0 saturated carbocycles. The second-order valence-electron chi connectivity index (χ2n) is 6.40. The summed E-state index contributed by atoms with van der Waals surface area (Å²) in [7, 11) is 0. The van der Waals surface area contributed by atoms with Crippen molar-refractivity contribution < 1.29 is 9.18 Å². The fraction of sp³-hybridized carbons (Fsp3) is 0.0952. The predicted octanol–water partition coefficient (Wildman–Crippen LogP) is 4.45. The van der Waals surface area contributed by atoms with Crippen LogP contribution in [-0.4, -0.2) is 20.4 Å². The number of nitrogens with zero attached hydrogens (tertiary/aromatic N) is 3. The Bertz CT molecular complexity index is 1170. The van der Waals surface area contributed by atoms with Crippen molar-refractivity contribution in [1.82, 2.24) is 19.9 Å². The number of halogens is 2. The SMILES string of the molecule is Cc1nc2ccc(Cl)cc2cc1C(=O)NCc1ccc(-n2ccnc2)c(F)c1. The Hall–Kier alpha value is -3.25. The Morgan fingerprint density at radius 1 is 1.21 bits per heavy atom. The maximum atomic E-state index is 14.4.